The van der Waals surface area contributed by atoms with Gasteiger partial charge in [0.25, 0.3) is 0 Å². The molecular weight excluding hydrogens is 444 g/mol. The molecule has 2 rings (SSSR count). The average molecular weight is 475 g/mol. The maximum atomic E-state index is 12.4. The number of nitrogens with one attached hydrogen (secondary N) is 5. The number of sulfonamides is 1. The number of carbonyl (C=O) groups excluding carboxylic acids is 1. The van der Waals surface area contributed by atoms with Crippen molar-refractivity contribution in [1.82, 2.24) is 31.1 Å². The molecule has 0 fully saturated rings. The molecule has 0 aromatic carbocycles. The quantitative estimate of drug-likeness (QED) is 0.150. The van der Waals surface area contributed by atoms with E-state index >= 15 is 0 Å². The molecule has 180 valence electrons. The van der Waals surface area contributed by atoms with E-state index in [1.165, 1.54) is 12.3 Å². The third-order valence-electron chi connectivity index (χ3n) is 4.43. The summed E-state index contributed by atoms with van der Waals surface area (Å²) in [4.78, 5) is 24.4. The minimum Gasteiger partial charge on any atom is -0.478 e. The van der Waals surface area contributed by atoms with Crippen LogP contribution in [0.2, 0.25) is 0 Å². The van der Waals surface area contributed by atoms with E-state index in [1.54, 1.807) is 6.92 Å². The van der Waals surface area contributed by atoms with E-state index in [0.717, 1.165) is 6.54 Å². The molecule has 14 heteroatoms. The second-order valence-corrected chi connectivity index (χ2v) is 8.96. The number of hydrogen-bond donors (Lipinski definition) is 6. The number of hydrogen-bond acceptors (Lipinski definition) is 10. The number of carboxylic acid groups (broad SMARTS) is 1. The summed E-state index contributed by atoms with van der Waals surface area (Å²) in [6.07, 6.45) is 4.70. The third kappa shape index (κ3) is 8.45. The molecule has 0 radical (unpaired) electrons. The molecule has 2 atom stereocenters. The van der Waals surface area contributed by atoms with Crippen LogP contribution in [-0.4, -0.2) is 68.1 Å². The normalized spacial score (nSPS) is 17.8. The molecule has 1 amide bonds. The molecular formula is C18H30N6O7S. The number of amides is 1. The Hall–Kier alpha value is -2.68. The molecule has 0 bridgehead atoms. The lowest BCUT2D eigenvalue weighted by Gasteiger charge is -2.30. The van der Waals surface area contributed by atoms with E-state index in [1.807, 2.05) is 12.3 Å². The summed E-state index contributed by atoms with van der Waals surface area (Å²) in [5, 5.41) is 24.8. The van der Waals surface area contributed by atoms with Gasteiger partial charge >= 0.3 is 12.1 Å². The van der Waals surface area contributed by atoms with Crippen molar-refractivity contribution < 1.29 is 32.4 Å². The highest BCUT2D eigenvalue weighted by atomic mass is 32.2. The first-order chi connectivity index (χ1) is 15.3. The fourth-order valence-corrected chi connectivity index (χ4v) is 4.33. The number of alkyl carbamates (subject to hydrolysis) is 1. The van der Waals surface area contributed by atoms with E-state index < -0.39 is 34.2 Å². The van der Waals surface area contributed by atoms with Crippen molar-refractivity contribution >= 4 is 22.1 Å². The Morgan fingerprint density at radius 1 is 1.41 bits per heavy atom. The maximum absolute atomic E-state index is 12.4. The Labute approximate surface area is 186 Å². The molecule has 1 aromatic rings. The van der Waals surface area contributed by atoms with Gasteiger partial charge in [0, 0.05) is 19.2 Å². The lowest BCUT2D eigenvalue weighted by molar-refractivity contribution is -0.145. The van der Waals surface area contributed by atoms with Gasteiger partial charge in [0.2, 0.25) is 15.7 Å². The van der Waals surface area contributed by atoms with Crippen LogP contribution in [0, 0.1) is 0 Å². The minimum atomic E-state index is -4.03. The van der Waals surface area contributed by atoms with Gasteiger partial charge in [0.15, 0.2) is 0 Å². The standard InChI is InChI=1S/C18H30N6O7S/c1-2-3-12-32(28,29)24-18(15(25)26,13-14-6-10-22-31-14)23-17(27)30-11-5-9-21-16-19-7-4-8-20-16/h4,6-7,10,16,19-21,24H,2-3,5,8-9,11-13H2,1H3,(H,23,27)(H,25,26). The van der Waals surface area contributed by atoms with Gasteiger partial charge in [-0.05, 0) is 19.0 Å². The summed E-state index contributed by atoms with van der Waals surface area (Å²) < 4.78 is 36.9. The summed E-state index contributed by atoms with van der Waals surface area (Å²) in [5.74, 6) is -1.85. The number of carboxylic acids is 1. The average Bonchev–Trinajstić information content (AvgIpc) is 3.25. The molecule has 32 heavy (non-hydrogen) atoms. The number of nitrogens with zero attached hydrogens (tertiary/aromatic N) is 1. The summed E-state index contributed by atoms with van der Waals surface area (Å²) in [5.41, 5.74) is -2.40. The van der Waals surface area contributed by atoms with Gasteiger partial charge in [-0.25, -0.2) is 18.0 Å². The van der Waals surface area contributed by atoms with Crippen LogP contribution in [0.1, 0.15) is 31.9 Å². The smallest absolute Gasteiger partial charge is 0.409 e. The first kappa shape index (κ1) is 25.6. The highest BCUT2D eigenvalue weighted by Gasteiger charge is 2.45. The molecule has 0 saturated carbocycles. The summed E-state index contributed by atoms with van der Waals surface area (Å²) in [6, 6.07) is 1.37. The van der Waals surface area contributed by atoms with Crippen molar-refractivity contribution in [3.8, 4) is 0 Å². The van der Waals surface area contributed by atoms with Crippen LogP contribution in [0.25, 0.3) is 0 Å². The molecule has 1 aromatic heterocycles. The summed E-state index contributed by atoms with van der Waals surface area (Å²) >= 11 is 0. The first-order valence-corrected chi connectivity index (χ1v) is 11.9. The monoisotopic (exact) mass is 474 g/mol. The van der Waals surface area contributed by atoms with Crippen molar-refractivity contribution in [2.45, 2.75) is 44.6 Å². The van der Waals surface area contributed by atoms with Crippen LogP contribution >= 0.6 is 0 Å². The van der Waals surface area contributed by atoms with Crippen molar-refractivity contribution in [3.63, 3.8) is 0 Å². The van der Waals surface area contributed by atoms with Crippen molar-refractivity contribution in [2.75, 3.05) is 25.4 Å². The van der Waals surface area contributed by atoms with Crippen LogP contribution in [-0.2, 0) is 26.0 Å². The van der Waals surface area contributed by atoms with E-state index in [4.69, 9.17) is 9.26 Å². The van der Waals surface area contributed by atoms with Crippen LogP contribution in [0.15, 0.2) is 29.1 Å². The van der Waals surface area contributed by atoms with Crippen LogP contribution in [0.3, 0.4) is 0 Å². The lowest BCUT2D eigenvalue weighted by Crippen LogP contribution is -2.67. The predicted molar refractivity (Wildman–Crippen MR) is 114 cm³/mol. The molecule has 1 aliphatic rings. The number of carbonyl (C=O) groups is 2. The third-order valence-corrected chi connectivity index (χ3v) is 5.92. The molecule has 2 unspecified atom stereocenters. The van der Waals surface area contributed by atoms with E-state index in [-0.39, 0.29) is 24.4 Å². The second-order valence-electron chi connectivity index (χ2n) is 7.12. The fourth-order valence-electron chi connectivity index (χ4n) is 2.82. The molecule has 0 saturated heterocycles. The zero-order valence-electron chi connectivity index (χ0n) is 17.8. The summed E-state index contributed by atoms with van der Waals surface area (Å²) in [6.45, 7) is 3.02. The van der Waals surface area contributed by atoms with Gasteiger partial charge in [-0.3, -0.25) is 16.0 Å². The van der Waals surface area contributed by atoms with Gasteiger partial charge in [-0.1, -0.05) is 24.6 Å². The molecule has 6 N–H and O–H groups in total. The molecule has 0 spiro atoms. The van der Waals surface area contributed by atoms with Gasteiger partial charge in [-0.2, -0.15) is 4.72 Å². The minimum absolute atomic E-state index is 0.0119. The zero-order chi connectivity index (χ0) is 23.5. The van der Waals surface area contributed by atoms with Crippen LogP contribution < -0.4 is 26.0 Å². The van der Waals surface area contributed by atoms with Crippen molar-refractivity contribution in [3.05, 3.63) is 30.3 Å². The number of ether oxygens (including phenoxy) is 1. The van der Waals surface area contributed by atoms with E-state index in [2.05, 4.69) is 31.1 Å². The second kappa shape index (κ2) is 12.4. The molecule has 0 aliphatic carbocycles. The zero-order valence-corrected chi connectivity index (χ0v) is 18.6. The predicted octanol–water partition coefficient (Wildman–Crippen LogP) is -0.586. The van der Waals surface area contributed by atoms with E-state index in [9.17, 15) is 23.1 Å². The molecule has 2 heterocycles. The Balaban J connectivity index is 1.97. The number of aromatic nitrogens is 1. The molecule has 1 aliphatic heterocycles. The number of unbranched alkanes of at least 4 members (excludes halogenated alkanes) is 1. The van der Waals surface area contributed by atoms with Crippen molar-refractivity contribution in [1.29, 1.82) is 0 Å². The Morgan fingerprint density at radius 3 is 2.84 bits per heavy atom. The summed E-state index contributed by atoms with van der Waals surface area (Å²) in [7, 11) is -4.03. The number of rotatable bonds is 14. The van der Waals surface area contributed by atoms with Gasteiger partial charge in [0.1, 0.15) is 12.0 Å². The Kier molecular flexibility index (Phi) is 9.90. The van der Waals surface area contributed by atoms with Crippen LogP contribution in [0.5, 0.6) is 0 Å². The lowest BCUT2D eigenvalue weighted by atomic mass is 10.1. The molecule has 13 nitrogen and oxygen atoms in total. The van der Waals surface area contributed by atoms with Crippen molar-refractivity contribution in [2.24, 2.45) is 0 Å². The topological polar surface area (TPSA) is 184 Å². The van der Waals surface area contributed by atoms with Gasteiger partial charge in [0.05, 0.1) is 25.0 Å². The van der Waals surface area contributed by atoms with Gasteiger partial charge < -0.3 is 19.7 Å². The SMILES string of the molecule is CCCCS(=O)(=O)NC(Cc1ccno1)(NC(=O)OCCCNC1NC=CCN1)C(=O)O. The maximum Gasteiger partial charge on any atom is 0.409 e. The highest BCUT2D eigenvalue weighted by Crippen LogP contribution is 2.14. The Bertz CT molecular complexity index is 861. The Morgan fingerprint density at radius 2 is 2.22 bits per heavy atom. The van der Waals surface area contributed by atoms with Crippen LogP contribution in [0.4, 0.5) is 4.79 Å². The van der Waals surface area contributed by atoms with Gasteiger partial charge in [-0.15, -0.1) is 0 Å². The largest absolute Gasteiger partial charge is 0.478 e. The van der Waals surface area contributed by atoms with E-state index in [0.29, 0.717) is 25.8 Å². The fraction of sp³-hybridized carbons (Fsp3) is 0.611. The highest BCUT2D eigenvalue weighted by molar-refractivity contribution is 7.89. The first-order valence-electron chi connectivity index (χ1n) is 10.2. The number of aliphatic carboxylic acids is 1.